The Morgan fingerprint density at radius 3 is 2.45 bits per heavy atom. The molecule has 0 fully saturated rings. The van der Waals surface area contributed by atoms with Gasteiger partial charge in [0.15, 0.2) is 4.80 Å². The first-order valence-corrected chi connectivity index (χ1v) is 10.4. The van der Waals surface area contributed by atoms with Gasteiger partial charge in [0, 0.05) is 18.2 Å². The molecule has 0 radical (unpaired) electrons. The minimum atomic E-state index is -0.234. The second-order valence-electron chi connectivity index (χ2n) is 6.19. The summed E-state index contributed by atoms with van der Waals surface area (Å²) >= 11 is 7.31. The number of carbonyl (C=O) groups excluding carboxylic acids is 1. The lowest BCUT2D eigenvalue weighted by molar-refractivity contribution is -0.117. The molecule has 0 saturated carbocycles. The fourth-order valence-electron chi connectivity index (χ4n) is 2.97. The first-order chi connectivity index (χ1) is 14.1. The molecule has 0 bridgehead atoms. The molecule has 0 spiro atoms. The molecule has 0 unspecified atom stereocenters. The molecule has 0 atom stereocenters. The van der Waals surface area contributed by atoms with E-state index < -0.39 is 0 Å². The highest BCUT2D eigenvalue weighted by Crippen LogP contribution is 2.35. The number of ether oxygens (including phenoxy) is 3. The van der Waals surface area contributed by atoms with Gasteiger partial charge in [-0.05, 0) is 36.8 Å². The Balaban J connectivity index is 2.06. The van der Waals surface area contributed by atoms with Crippen LogP contribution in [0.1, 0.15) is 12.5 Å². The molecule has 0 N–H and O–H groups in total. The van der Waals surface area contributed by atoms with Gasteiger partial charge >= 0.3 is 0 Å². The molecule has 154 valence electrons. The Labute approximate surface area is 178 Å². The van der Waals surface area contributed by atoms with E-state index in [1.54, 1.807) is 26.4 Å². The number of methoxy groups -OCH3 is 2. The fourth-order valence-corrected chi connectivity index (χ4v) is 4.28. The molecule has 1 aromatic heterocycles. The number of rotatable bonds is 8. The summed E-state index contributed by atoms with van der Waals surface area (Å²) < 4.78 is 19.4. The number of hydrogen-bond acceptors (Lipinski definition) is 5. The van der Waals surface area contributed by atoms with Gasteiger partial charge in [-0.1, -0.05) is 35.1 Å². The summed E-state index contributed by atoms with van der Waals surface area (Å²) in [7, 11) is 3.24. The number of nitrogens with zero attached hydrogens (tertiary/aromatic N) is 2. The average Bonchev–Trinajstić information content (AvgIpc) is 3.07. The third kappa shape index (κ3) is 4.98. The van der Waals surface area contributed by atoms with Crippen LogP contribution in [0, 0.1) is 0 Å². The predicted octanol–water partition coefficient (Wildman–Crippen LogP) is 4.08. The van der Waals surface area contributed by atoms with Crippen molar-refractivity contribution in [3.05, 3.63) is 51.8 Å². The summed E-state index contributed by atoms with van der Waals surface area (Å²) in [5.41, 5.74) is 1.70. The lowest BCUT2D eigenvalue weighted by Crippen LogP contribution is -2.20. The van der Waals surface area contributed by atoms with E-state index in [0.717, 1.165) is 15.8 Å². The quantitative estimate of drug-likeness (QED) is 0.501. The molecule has 0 aliphatic rings. The number of aromatic nitrogens is 1. The van der Waals surface area contributed by atoms with E-state index in [0.29, 0.717) is 41.1 Å². The van der Waals surface area contributed by atoms with Crippen LogP contribution in [0.25, 0.3) is 10.2 Å². The zero-order valence-corrected chi connectivity index (χ0v) is 18.2. The molecule has 29 heavy (non-hydrogen) atoms. The average molecular weight is 435 g/mol. The molecule has 6 nitrogen and oxygen atoms in total. The maximum atomic E-state index is 12.6. The van der Waals surface area contributed by atoms with Crippen LogP contribution in [0.5, 0.6) is 11.5 Å². The van der Waals surface area contributed by atoms with Crippen molar-refractivity contribution in [1.29, 1.82) is 0 Å². The molecular weight excluding hydrogens is 412 g/mol. The van der Waals surface area contributed by atoms with Gasteiger partial charge in [-0.15, -0.1) is 0 Å². The van der Waals surface area contributed by atoms with Crippen LogP contribution in [0.4, 0.5) is 0 Å². The monoisotopic (exact) mass is 434 g/mol. The summed E-state index contributed by atoms with van der Waals surface area (Å²) in [5.74, 6) is 1.17. The maximum Gasteiger partial charge on any atom is 0.252 e. The van der Waals surface area contributed by atoms with Crippen molar-refractivity contribution in [2.24, 2.45) is 4.99 Å². The van der Waals surface area contributed by atoms with Crippen LogP contribution < -0.4 is 14.3 Å². The van der Waals surface area contributed by atoms with Crippen molar-refractivity contribution >= 4 is 39.1 Å². The minimum Gasteiger partial charge on any atom is -0.495 e. The summed E-state index contributed by atoms with van der Waals surface area (Å²) in [6, 6.07) is 10.9. The molecule has 3 rings (SSSR count). The molecule has 8 heteroatoms. The molecular formula is C21H23ClN2O4S. The Bertz CT molecular complexity index is 1060. The Morgan fingerprint density at radius 2 is 1.79 bits per heavy atom. The van der Waals surface area contributed by atoms with Crippen LogP contribution in [0.3, 0.4) is 0 Å². The smallest absolute Gasteiger partial charge is 0.252 e. The molecule has 0 aliphatic carbocycles. The van der Waals surface area contributed by atoms with E-state index in [2.05, 4.69) is 4.99 Å². The molecule has 0 aliphatic heterocycles. The highest BCUT2D eigenvalue weighted by molar-refractivity contribution is 7.16. The van der Waals surface area contributed by atoms with E-state index in [4.69, 9.17) is 25.8 Å². The summed E-state index contributed by atoms with van der Waals surface area (Å²) in [5, 5.41) is 0.635. The van der Waals surface area contributed by atoms with Gasteiger partial charge in [0.1, 0.15) is 21.7 Å². The summed E-state index contributed by atoms with van der Waals surface area (Å²) in [6.45, 7) is 3.61. The van der Waals surface area contributed by atoms with Crippen molar-refractivity contribution in [3.8, 4) is 11.5 Å². The standard InChI is InChI=1S/C21H23ClN2O4S/c1-4-28-12-11-24-19-16(26-2)9-10-17(27-3)20(19)29-21(24)23-18(25)13-14-5-7-15(22)8-6-14/h5-10H,4,11-13H2,1-3H3. The zero-order chi connectivity index (χ0) is 20.8. The van der Waals surface area contributed by atoms with E-state index in [-0.39, 0.29) is 12.3 Å². The summed E-state index contributed by atoms with van der Waals surface area (Å²) in [4.78, 5) is 17.6. The van der Waals surface area contributed by atoms with Crippen LogP contribution in [0.2, 0.25) is 5.02 Å². The third-order valence-electron chi connectivity index (χ3n) is 4.34. The largest absolute Gasteiger partial charge is 0.495 e. The van der Waals surface area contributed by atoms with Crippen molar-refractivity contribution in [2.45, 2.75) is 19.9 Å². The van der Waals surface area contributed by atoms with E-state index in [9.17, 15) is 4.79 Å². The number of amides is 1. The van der Waals surface area contributed by atoms with Crippen LogP contribution in [-0.2, 0) is 22.5 Å². The number of hydrogen-bond donors (Lipinski definition) is 0. The van der Waals surface area contributed by atoms with Crippen LogP contribution in [0.15, 0.2) is 41.4 Å². The van der Waals surface area contributed by atoms with Crippen molar-refractivity contribution in [1.82, 2.24) is 4.57 Å². The van der Waals surface area contributed by atoms with Crippen LogP contribution in [-0.4, -0.2) is 37.9 Å². The van der Waals surface area contributed by atoms with Gasteiger partial charge in [0.2, 0.25) is 0 Å². The third-order valence-corrected chi connectivity index (χ3v) is 5.69. The van der Waals surface area contributed by atoms with Gasteiger partial charge in [0.25, 0.3) is 5.91 Å². The highest BCUT2D eigenvalue weighted by Gasteiger charge is 2.16. The molecule has 0 saturated heterocycles. The SMILES string of the molecule is CCOCCn1c(=NC(=O)Cc2ccc(Cl)cc2)sc2c(OC)ccc(OC)c21. The molecule has 1 heterocycles. The lowest BCUT2D eigenvalue weighted by atomic mass is 10.1. The second kappa shape index (κ2) is 9.91. The van der Waals surface area contributed by atoms with Crippen molar-refractivity contribution < 1.29 is 19.0 Å². The van der Waals surface area contributed by atoms with Gasteiger partial charge < -0.3 is 18.8 Å². The van der Waals surface area contributed by atoms with Crippen molar-refractivity contribution in [2.75, 3.05) is 27.4 Å². The first-order valence-electron chi connectivity index (χ1n) is 9.21. The van der Waals surface area contributed by atoms with Gasteiger partial charge in [-0.25, -0.2) is 0 Å². The number of benzene rings is 2. The number of halogens is 1. The second-order valence-corrected chi connectivity index (χ2v) is 7.60. The fraction of sp³-hybridized carbons (Fsp3) is 0.333. The Hall–Kier alpha value is -2.35. The topological polar surface area (TPSA) is 62.1 Å². The first kappa shape index (κ1) is 21.4. The number of thiazole rings is 1. The Kier molecular flexibility index (Phi) is 7.30. The van der Waals surface area contributed by atoms with E-state index >= 15 is 0 Å². The number of carbonyl (C=O) groups is 1. The molecule has 3 aromatic rings. The van der Waals surface area contributed by atoms with E-state index in [1.165, 1.54) is 11.3 Å². The minimum absolute atomic E-state index is 0.200. The van der Waals surface area contributed by atoms with Crippen LogP contribution >= 0.6 is 22.9 Å². The Morgan fingerprint density at radius 1 is 1.10 bits per heavy atom. The number of fused-ring (bicyclic) bond motifs is 1. The lowest BCUT2D eigenvalue weighted by Gasteiger charge is -2.10. The van der Waals surface area contributed by atoms with Crippen molar-refractivity contribution in [3.63, 3.8) is 0 Å². The van der Waals surface area contributed by atoms with E-state index in [1.807, 2.05) is 35.8 Å². The molecule has 1 amide bonds. The van der Waals surface area contributed by atoms with Gasteiger partial charge in [-0.3, -0.25) is 4.79 Å². The molecule has 2 aromatic carbocycles. The maximum absolute atomic E-state index is 12.6. The predicted molar refractivity (Wildman–Crippen MR) is 115 cm³/mol. The highest BCUT2D eigenvalue weighted by atomic mass is 35.5. The normalized spacial score (nSPS) is 11.8. The van der Waals surface area contributed by atoms with Gasteiger partial charge in [0.05, 0.1) is 27.2 Å². The zero-order valence-electron chi connectivity index (χ0n) is 16.6. The summed E-state index contributed by atoms with van der Waals surface area (Å²) in [6.07, 6.45) is 0.200. The van der Waals surface area contributed by atoms with Gasteiger partial charge in [-0.2, -0.15) is 4.99 Å².